The maximum Gasteiger partial charge on any atom is 0.322 e. The Bertz CT molecular complexity index is 463. The van der Waals surface area contributed by atoms with Crippen molar-refractivity contribution in [1.82, 2.24) is 4.90 Å². The summed E-state index contributed by atoms with van der Waals surface area (Å²) in [6.07, 6.45) is 0.328. The van der Waals surface area contributed by atoms with Crippen molar-refractivity contribution in [2.45, 2.75) is 33.2 Å². The summed E-state index contributed by atoms with van der Waals surface area (Å²) >= 11 is 0. The third-order valence-corrected chi connectivity index (χ3v) is 2.77. The number of benzene rings is 1. The van der Waals surface area contributed by atoms with Gasteiger partial charge in [-0.2, -0.15) is 5.26 Å². The number of hydrogen-bond acceptors (Lipinski definition) is 3. The Balaban J connectivity index is 2.65. The number of carbonyl (C=O) groups excluding carboxylic acids is 1. The number of ether oxygens (including phenoxy) is 1. The molecule has 0 aromatic heterocycles. The summed E-state index contributed by atoms with van der Waals surface area (Å²) in [5, 5.41) is 11.5. The van der Waals surface area contributed by atoms with Gasteiger partial charge in [0, 0.05) is 18.3 Å². The molecule has 108 valence electrons. The van der Waals surface area contributed by atoms with Gasteiger partial charge in [-0.15, -0.1) is 0 Å². The molecule has 0 fully saturated rings. The molecule has 20 heavy (non-hydrogen) atoms. The first kappa shape index (κ1) is 15.8. The number of nitrogens with one attached hydrogen (secondary N) is 1. The molecule has 0 heterocycles. The third kappa shape index (κ3) is 4.81. The Labute approximate surface area is 120 Å². The van der Waals surface area contributed by atoms with Gasteiger partial charge in [-0.3, -0.25) is 0 Å². The topological polar surface area (TPSA) is 65.4 Å². The first-order valence-corrected chi connectivity index (χ1v) is 6.76. The summed E-state index contributed by atoms with van der Waals surface area (Å²) < 4.78 is 5.35. The van der Waals surface area contributed by atoms with E-state index >= 15 is 0 Å². The molecule has 1 rings (SSSR count). The summed E-state index contributed by atoms with van der Waals surface area (Å²) in [5.74, 6) is 0.774. The highest BCUT2D eigenvalue weighted by atomic mass is 16.5. The predicted octanol–water partition coefficient (Wildman–Crippen LogP) is 3.24. The second kappa shape index (κ2) is 8.05. The zero-order chi connectivity index (χ0) is 15.0. The van der Waals surface area contributed by atoms with E-state index < -0.39 is 0 Å². The fourth-order valence-electron chi connectivity index (χ4n) is 1.76. The first-order chi connectivity index (χ1) is 9.58. The van der Waals surface area contributed by atoms with Crippen LogP contribution in [-0.4, -0.2) is 30.1 Å². The molecule has 0 aliphatic rings. The maximum absolute atomic E-state index is 12.1. The molecule has 0 atom stereocenters. The van der Waals surface area contributed by atoms with Gasteiger partial charge in [-0.25, -0.2) is 4.79 Å². The van der Waals surface area contributed by atoms with Gasteiger partial charge in [0.05, 0.1) is 19.1 Å². The molecule has 5 heteroatoms. The minimum absolute atomic E-state index is 0.0473. The number of carbonyl (C=O) groups is 1. The molecule has 5 nitrogen and oxygen atoms in total. The maximum atomic E-state index is 12.1. The van der Waals surface area contributed by atoms with E-state index in [2.05, 4.69) is 11.4 Å². The van der Waals surface area contributed by atoms with E-state index in [0.29, 0.717) is 25.3 Å². The van der Waals surface area contributed by atoms with Crippen LogP contribution >= 0.6 is 0 Å². The molecule has 0 aliphatic heterocycles. The standard InChI is InChI=1S/C15H21N3O2/c1-4-20-14-8-6-13(7-9-14)17-15(19)18(12(2)3)11-5-10-16/h6-9,12H,4-5,11H2,1-3H3,(H,17,19). The van der Waals surface area contributed by atoms with Gasteiger partial charge < -0.3 is 15.0 Å². The Morgan fingerprint density at radius 2 is 2.05 bits per heavy atom. The van der Waals surface area contributed by atoms with Crippen molar-refractivity contribution in [2.24, 2.45) is 0 Å². The third-order valence-electron chi connectivity index (χ3n) is 2.77. The number of anilines is 1. The van der Waals surface area contributed by atoms with Crippen LogP contribution in [0.15, 0.2) is 24.3 Å². The molecule has 0 spiro atoms. The largest absolute Gasteiger partial charge is 0.494 e. The second-order valence-corrected chi connectivity index (χ2v) is 4.58. The second-order valence-electron chi connectivity index (χ2n) is 4.58. The van der Waals surface area contributed by atoms with Crippen LogP contribution in [0.5, 0.6) is 5.75 Å². The lowest BCUT2D eigenvalue weighted by atomic mass is 10.3. The van der Waals surface area contributed by atoms with Crippen molar-refractivity contribution in [3.8, 4) is 11.8 Å². The molecule has 0 bridgehead atoms. The number of urea groups is 1. The number of nitrogens with zero attached hydrogens (tertiary/aromatic N) is 2. The average Bonchev–Trinajstić information content (AvgIpc) is 2.41. The fraction of sp³-hybridized carbons (Fsp3) is 0.467. The highest BCUT2D eigenvalue weighted by Crippen LogP contribution is 2.16. The molecule has 0 saturated heterocycles. The summed E-state index contributed by atoms with van der Waals surface area (Å²) in [6.45, 7) is 6.81. The molecule has 0 aliphatic carbocycles. The van der Waals surface area contributed by atoms with E-state index in [0.717, 1.165) is 5.75 Å². The molecule has 1 aromatic carbocycles. The summed E-state index contributed by atoms with van der Waals surface area (Å²) in [5.41, 5.74) is 0.709. The van der Waals surface area contributed by atoms with Crippen LogP contribution in [0.3, 0.4) is 0 Å². The molecule has 2 amide bonds. The lowest BCUT2D eigenvalue weighted by Crippen LogP contribution is -2.40. The van der Waals surface area contributed by atoms with Crippen molar-refractivity contribution in [3.63, 3.8) is 0 Å². The molecular formula is C15H21N3O2. The minimum atomic E-state index is -0.195. The molecule has 0 radical (unpaired) electrons. The fourth-order valence-corrected chi connectivity index (χ4v) is 1.76. The lowest BCUT2D eigenvalue weighted by Gasteiger charge is -2.26. The number of rotatable bonds is 6. The average molecular weight is 275 g/mol. The van der Waals surface area contributed by atoms with E-state index in [1.54, 1.807) is 17.0 Å². The summed E-state index contributed by atoms with van der Waals surface area (Å²) in [4.78, 5) is 13.8. The summed E-state index contributed by atoms with van der Waals surface area (Å²) in [7, 11) is 0. The molecule has 1 aromatic rings. The van der Waals surface area contributed by atoms with Crippen LogP contribution in [0.1, 0.15) is 27.2 Å². The van der Waals surface area contributed by atoms with Crippen LogP contribution < -0.4 is 10.1 Å². The highest BCUT2D eigenvalue weighted by Gasteiger charge is 2.16. The van der Waals surface area contributed by atoms with Gasteiger partial charge in [-0.1, -0.05) is 0 Å². The number of hydrogen-bond donors (Lipinski definition) is 1. The SMILES string of the molecule is CCOc1ccc(NC(=O)N(CCC#N)C(C)C)cc1. The van der Waals surface area contributed by atoms with E-state index in [4.69, 9.17) is 10.00 Å². The summed E-state index contributed by atoms with van der Waals surface area (Å²) in [6, 6.07) is 9.13. The zero-order valence-corrected chi connectivity index (χ0v) is 12.2. The number of nitriles is 1. The normalized spacial score (nSPS) is 9.95. The van der Waals surface area contributed by atoms with Crippen molar-refractivity contribution < 1.29 is 9.53 Å². The molecule has 1 N–H and O–H groups in total. The van der Waals surface area contributed by atoms with E-state index in [1.807, 2.05) is 32.9 Å². The Morgan fingerprint density at radius 3 is 2.55 bits per heavy atom. The van der Waals surface area contributed by atoms with Gasteiger partial charge in [0.25, 0.3) is 0 Å². The van der Waals surface area contributed by atoms with Crippen LogP contribution in [0.25, 0.3) is 0 Å². The Kier molecular flexibility index (Phi) is 6.38. The van der Waals surface area contributed by atoms with Gasteiger partial charge in [-0.05, 0) is 45.0 Å². The van der Waals surface area contributed by atoms with E-state index in [1.165, 1.54) is 0 Å². The lowest BCUT2D eigenvalue weighted by molar-refractivity contribution is 0.198. The van der Waals surface area contributed by atoms with Crippen LogP contribution in [0.2, 0.25) is 0 Å². The minimum Gasteiger partial charge on any atom is -0.494 e. The monoisotopic (exact) mass is 275 g/mol. The quantitative estimate of drug-likeness (QED) is 0.866. The van der Waals surface area contributed by atoms with Gasteiger partial charge in [0.2, 0.25) is 0 Å². The van der Waals surface area contributed by atoms with Gasteiger partial charge in [0.15, 0.2) is 0 Å². The van der Waals surface area contributed by atoms with E-state index in [9.17, 15) is 4.79 Å². The van der Waals surface area contributed by atoms with Crippen molar-refractivity contribution in [1.29, 1.82) is 5.26 Å². The number of amides is 2. The Morgan fingerprint density at radius 1 is 1.40 bits per heavy atom. The Hall–Kier alpha value is -2.22. The van der Waals surface area contributed by atoms with Crippen LogP contribution in [0, 0.1) is 11.3 Å². The van der Waals surface area contributed by atoms with Crippen molar-refractivity contribution >= 4 is 11.7 Å². The molecule has 0 saturated carbocycles. The van der Waals surface area contributed by atoms with Crippen LogP contribution in [-0.2, 0) is 0 Å². The van der Waals surface area contributed by atoms with Gasteiger partial charge >= 0.3 is 6.03 Å². The molecule has 0 unspecified atom stereocenters. The first-order valence-electron chi connectivity index (χ1n) is 6.76. The van der Waals surface area contributed by atoms with Gasteiger partial charge in [0.1, 0.15) is 5.75 Å². The van der Waals surface area contributed by atoms with Crippen molar-refractivity contribution in [2.75, 3.05) is 18.5 Å². The predicted molar refractivity (Wildman–Crippen MR) is 78.7 cm³/mol. The van der Waals surface area contributed by atoms with Crippen molar-refractivity contribution in [3.05, 3.63) is 24.3 Å². The molecular weight excluding hydrogens is 254 g/mol. The highest BCUT2D eigenvalue weighted by molar-refractivity contribution is 5.89. The van der Waals surface area contributed by atoms with E-state index in [-0.39, 0.29) is 12.1 Å². The zero-order valence-electron chi connectivity index (χ0n) is 12.2. The smallest absolute Gasteiger partial charge is 0.322 e. The van der Waals surface area contributed by atoms with Crippen LogP contribution in [0.4, 0.5) is 10.5 Å².